The summed E-state index contributed by atoms with van der Waals surface area (Å²) < 4.78 is 0. The van der Waals surface area contributed by atoms with E-state index in [1.165, 1.54) is 12.0 Å². The number of H-pyrrole nitrogens is 1. The molecule has 0 saturated heterocycles. The predicted molar refractivity (Wildman–Crippen MR) is 77.2 cm³/mol. The van der Waals surface area contributed by atoms with E-state index in [9.17, 15) is 5.11 Å². The second-order valence-electron chi connectivity index (χ2n) is 5.45. The minimum atomic E-state index is 0.337. The third-order valence-corrected chi connectivity index (χ3v) is 3.64. The molecule has 2 rings (SSSR count). The molecule has 2 atom stereocenters. The van der Waals surface area contributed by atoms with Crippen LogP contribution in [-0.4, -0.2) is 15.1 Å². The van der Waals surface area contributed by atoms with Crippen molar-refractivity contribution < 1.29 is 5.11 Å². The molecular weight excluding hydrogens is 236 g/mol. The summed E-state index contributed by atoms with van der Waals surface area (Å²) in [5, 5.41) is 9.26. The summed E-state index contributed by atoms with van der Waals surface area (Å²) >= 11 is 0. The number of aromatic hydroxyl groups is 1. The normalized spacial score (nSPS) is 14.2. The van der Waals surface area contributed by atoms with Crippen LogP contribution in [0.2, 0.25) is 0 Å². The Morgan fingerprint density at radius 2 is 1.89 bits per heavy atom. The average Bonchev–Trinajstić information content (AvgIpc) is 2.93. The van der Waals surface area contributed by atoms with Crippen LogP contribution in [0.5, 0.6) is 5.75 Å². The van der Waals surface area contributed by atoms with E-state index in [-0.39, 0.29) is 0 Å². The Bertz CT molecular complexity index is 476. The summed E-state index contributed by atoms with van der Waals surface area (Å²) in [5.74, 6) is 1.49. The number of phenols is 1. The van der Waals surface area contributed by atoms with Crippen molar-refractivity contribution >= 4 is 0 Å². The highest BCUT2D eigenvalue weighted by Crippen LogP contribution is 2.23. The monoisotopic (exact) mass is 258 g/mol. The maximum atomic E-state index is 9.26. The van der Waals surface area contributed by atoms with E-state index in [2.05, 4.69) is 23.8 Å². The first-order chi connectivity index (χ1) is 9.15. The summed E-state index contributed by atoms with van der Waals surface area (Å²) in [5.41, 5.74) is 2.44. The lowest BCUT2D eigenvalue weighted by Crippen LogP contribution is -2.03. The number of hydrogen-bond donors (Lipinski definition) is 2. The molecule has 0 radical (unpaired) electrons. The molecule has 102 valence electrons. The SMILES string of the molecule is CC(CCC(C)c1c[nH]cn1)Cc1ccc(O)cc1. The second-order valence-corrected chi connectivity index (χ2v) is 5.45. The quantitative estimate of drug-likeness (QED) is 0.826. The van der Waals surface area contributed by atoms with E-state index in [0.717, 1.165) is 18.5 Å². The van der Waals surface area contributed by atoms with E-state index in [0.29, 0.717) is 17.6 Å². The number of rotatable bonds is 6. The van der Waals surface area contributed by atoms with Gasteiger partial charge in [0.1, 0.15) is 5.75 Å². The largest absolute Gasteiger partial charge is 0.508 e. The third kappa shape index (κ3) is 4.12. The maximum Gasteiger partial charge on any atom is 0.115 e. The molecule has 3 heteroatoms. The highest BCUT2D eigenvalue weighted by molar-refractivity contribution is 5.26. The molecule has 0 amide bonds. The van der Waals surface area contributed by atoms with Crippen LogP contribution in [0, 0.1) is 5.92 Å². The van der Waals surface area contributed by atoms with E-state index < -0.39 is 0 Å². The molecule has 0 aliphatic carbocycles. The number of nitrogens with zero attached hydrogens (tertiary/aromatic N) is 1. The van der Waals surface area contributed by atoms with Gasteiger partial charge in [-0.05, 0) is 48.8 Å². The number of phenolic OH excluding ortho intramolecular Hbond substituents is 1. The van der Waals surface area contributed by atoms with Gasteiger partial charge in [-0.1, -0.05) is 26.0 Å². The molecule has 0 saturated carbocycles. The second kappa shape index (κ2) is 6.41. The van der Waals surface area contributed by atoms with Crippen LogP contribution in [0.4, 0.5) is 0 Å². The molecule has 1 aromatic carbocycles. The molecule has 0 bridgehead atoms. The predicted octanol–water partition coefficient (Wildman–Crippen LogP) is 3.88. The van der Waals surface area contributed by atoms with E-state index in [1.54, 1.807) is 18.5 Å². The van der Waals surface area contributed by atoms with E-state index >= 15 is 0 Å². The topological polar surface area (TPSA) is 48.9 Å². The number of hydrogen-bond acceptors (Lipinski definition) is 2. The van der Waals surface area contributed by atoms with Gasteiger partial charge in [-0.15, -0.1) is 0 Å². The van der Waals surface area contributed by atoms with Crippen molar-refractivity contribution in [1.82, 2.24) is 9.97 Å². The van der Waals surface area contributed by atoms with Gasteiger partial charge in [0.15, 0.2) is 0 Å². The minimum absolute atomic E-state index is 0.337. The molecular formula is C16H22N2O. The van der Waals surface area contributed by atoms with Crippen molar-refractivity contribution in [2.45, 2.75) is 39.0 Å². The van der Waals surface area contributed by atoms with Crippen LogP contribution in [0.3, 0.4) is 0 Å². The molecule has 2 aromatic rings. The summed E-state index contributed by atoms with van der Waals surface area (Å²) in [6.45, 7) is 4.51. The fourth-order valence-corrected chi connectivity index (χ4v) is 2.36. The smallest absolute Gasteiger partial charge is 0.115 e. The van der Waals surface area contributed by atoms with Crippen molar-refractivity contribution in [2.75, 3.05) is 0 Å². The molecule has 0 aliphatic heterocycles. The van der Waals surface area contributed by atoms with Crippen LogP contribution in [0.1, 0.15) is 43.9 Å². The third-order valence-electron chi connectivity index (χ3n) is 3.64. The summed E-state index contributed by atoms with van der Waals surface area (Å²) in [6.07, 6.45) is 7.13. The average molecular weight is 258 g/mol. The van der Waals surface area contributed by atoms with Gasteiger partial charge in [-0.25, -0.2) is 4.98 Å². The number of imidazole rings is 1. The van der Waals surface area contributed by atoms with Gasteiger partial charge in [-0.3, -0.25) is 0 Å². The van der Waals surface area contributed by atoms with Crippen LogP contribution in [0.15, 0.2) is 36.8 Å². The lowest BCUT2D eigenvalue weighted by Gasteiger charge is -2.14. The maximum absolute atomic E-state index is 9.26. The summed E-state index contributed by atoms with van der Waals surface area (Å²) in [6, 6.07) is 7.52. The van der Waals surface area contributed by atoms with Crippen LogP contribution in [-0.2, 0) is 6.42 Å². The fourth-order valence-electron chi connectivity index (χ4n) is 2.36. The Hall–Kier alpha value is -1.77. The van der Waals surface area contributed by atoms with Crippen molar-refractivity contribution in [3.63, 3.8) is 0 Å². The van der Waals surface area contributed by atoms with Gasteiger partial charge in [0, 0.05) is 6.20 Å². The Kier molecular flexibility index (Phi) is 4.61. The van der Waals surface area contributed by atoms with Crippen molar-refractivity contribution in [3.8, 4) is 5.75 Å². The first kappa shape index (κ1) is 13.7. The number of aromatic nitrogens is 2. The first-order valence-corrected chi connectivity index (χ1v) is 6.91. The molecule has 0 fully saturated rings. The van der Waals surface area contributed by atoms with Crippen molar-refractivity contribution in [3.05, 3.63) is 48.0 Å². The number of aromatic amines is 1. The molecule has 0 spiro atoms. The first-order valence-electron chi connectivity index (χ1n) is 6.91. The number of nitrogens with one attached hydrogen (secondary N) is 1. The van der Waals surface area contributed by atoms with Gasteiger partial charge in [-0.2, -0.15) is 0 Å². The molecule has 19 heavy (non-hydrogen) atoms. The molecule has 0 aliphatic rings. The zero-order valence-corrected chi connectivity index (χ0v) is 11.6. The zero-order valence-electron chi connectivity index (χ0n) is 11.6. The van der Waals surface area contributed by atoms with Crippen molar-refractivity contribution in [1.29, 1.82) is 0 Å². The van der Waals surface area contributed by atoms with E-state index in [4.69, 9.17) is 0 Å². The summed E-state index contributed by atoms with van der Waals surface area (Å²) in [4.78, 5) is 7.31. The fraction of sp³-hybridized carbons (Fsp3) is 0.438. The molecule has 1 aromatic heterocycles. The summed E-state index contributed by atoms with van der Waals surface area (Å²) in [7, 11) is 0. The van der Waals surface area contributed by atoms with Crippen LogP contribution in [0.25, 0.3) is 0 Å². The van der Waals surface area contributed by atoms with Gasteiger partial charge >= 0.3 is 0 Å². The Morgan fingerprint density at radius 3 is 2.53 bits per heavy atom. The molecule has 1 heterocycles. The highest BCUT2D eigenvalue weighted by Gasteiger charge is 2.10. The minimum Gasteiger partial charge on any atom is -0.508 e. The standard InChI is InChI=1S/C16H22N2O/c1-12(9-14-5-7-15(19)8-6-14)3-4-13(2)16-10-17-11-18-16/h5-8,10-13,19H,3-4,9H2,1-2H3,(H,17,18). The molecule has 2 N–H and O–H groups in total. The van der Waals surface area contributed by atoms with Crippen LogP contribution < -0.4 is 0 Å². The lowest BCUT2D eigenvalue weighted by molar-refractivity contribution is 0.470. The van der Waals surface area contributed by atoms with Gasteiger partial charge in [0.2, 0.25) is 0 Å². The zero-order chi connectivity index (χ0) is 13.7. The highest BCUT2D eigenvalue weighted by atomic mass is 16.3. The van der Waals surface area contributed by atoms with E-state index in [1.807, 2.05) is 18.3 Å². The molecule has 3 nitrogen and oxygen atoms in total. The Labute approximate surface area is 114 Å². The Balaban J connectivity index is 1.78. The number of benzene rings is 1. The van der Waals surface area contributed by atoms with Crippen LogP contribution >= 0.6 is 0 Å². The van der Waals surface area contributed by atoms with Gasteiger partial charge in [0.25, 0.3) is 0 Å². The van der Waals surface area contributed by atoms with Gasteiger partial charge in [0.05, 0.1) is 12.0 Å². The lowest BCUT2D eigenvalue weighted by atomic mass is 9.92. The van der Waals surface area contributed by atoms with Crippen molar-refractivity contribution in [2.24, 2.45) is 5.92 Å². The van der Waals surface area contributed by atoms with Gasteiger partial charge < -0.3 is 10.1 Å². The molecule has 2 unspecified atom stereocenters. The Morgan fingerprint density at radius 1 is 1.16 bits per heavy atom.